The molecule has 0 bridgehead atoms. The van der Waals surface area contributed by atoms with Crippen LogP contribution >= 0.6 is 11.6 Å². The minimum Gasteiger partial charge on any atom is -0.307 e. The Kier molecular flexibility index (Phi) is 4.04. The Bertz CT molecular complexity index is 621. The topological polar surface area (TPSA) is 54.9 Å². The maximum atomic E-state index is 12.2. The lowest BCUT2D eigenvalue weighted by Gasteiger charge is -2.18. The lowest BCUT2D eigenvalue weighted by molar-refractivity contribution is 0.102. The first-order chi connectivity index (χ1) is 9.36. The molecule has 0 aliphatic heterocycles. The highest BCUT2D eigenvalue weighted by Gasteiger charge is 2.19. The van der Waals surface area contributed by atoms with E-state index in [-0.39, 0.29) is 11.3 Å². The molecule has 0 fully saturated rings. The van der Waals surface area contributed by atoms with Gasteiger partial charge in [0, 0.05) is 22.9 Å². The van der Waals surface area contributed by atoms with Crippen LogP contribution in [-0.4, -0.2) is 15.9 Å². The Morgan fingerprint density at radius 1 is 1.25 bits per heavy atom. The van der Waals surface area contributed by atoms with E-state index in [9.17, 15) is 4.79 Å². The molecule has 0 aromatic carbocycles. The van der Waals surface area contributed by atoms with Crippen LogP contribution < -0.4 is 5.32 Å². The molecule has 2 aromatic heterocycles. The smallest absolute Gasteiger partial charge is 0.256 e. The van der Waals surface area contributed by atoms with E-state index < -0.39 is 0 Å². The van der Waals surface area contributed by atoms with Gasteiger partial charge in [0.15, 0.2) is 0 Å². The van der Waals surface area contributed by atoms with Gasteiger partial charge in [0.1, 0.15) is 11.0 Å². The number of halogens is 1. The second kappa shape index (κ2) is 5.59. The highest BCUT2D eigenvalue weighted by atomic mass is 35.5. The number of amides is 1. The van der Waals surface area contributed by atoms with Gasteiger partial charge in [-0.25, -0.2) is 9.97 Å². The first kappa shape index (κ1) is 14.5. The van der Waals surface area contributed by atoms with Crippen molar-refractivity contribution in [1.29, 1.82) is 0 Å². The highest BCUT2D eigenvalue weighted by molar-refractivity contribution is 6.29. The molecule has 104 valence electrons. The summed E-state index contributed by atoms with van der Waals surface area (Å²) in [6, 6.07) is 8.63. The number of carbonyl (C=O) groups is 1. The van der Waals surface area contributed by atoms with Crippen LogP contribution in [0, 0.1) is 0 Å². The second-order valence-corrected chi connectivity index (χ2v) is 5.87. The Balaban J connectivity index is 2.29. The van der Waals surface area contributed by atoms with Crippen LogP contribution in [0.15, 0.2) is 36.5 Å². The number of aromatic nitrogens is 2. The molecule has 0 saturated carbocycles. The maximum absolute atomic E-state index is 12.2. The van der Waals surface area contributed by atoms with Crippen LogP contribution in [0.2, 0.25) is 5.15 Å². The molecule has 5 heteroatoms. The molecule has 4 nitrogen and oxygen atoms in total. The fraction of sp³-hybridized carbons (Fsp3) is 0.267. The van der Waals surface area contributed by atoms with Crippen molar-refractivity contribution in [2.45, 2.75) is 26.2 Å². The number of rotatable bonds is 2. The van der Waals surface area contributed by atoms with E-state index in [2.05, 4.69) is 15.3 Å². The van der Waals surface area contributed by atoms with Crippen molar-refractivity contribution in [2.24, 2.45) is 0 Å². The SMILES string of the molecule is CC(C)(C)c1cc(C(=O)Nc2ccccn2)cc(Cl)n1. The molecule has 1 N–H and O–H groups in total. The van der Waals surface area contributed by atoms with Crippen molar-refractivity contribution >= 4 is 23.3 Å². The van der Waals surface area contributed by atoms with Crippen LogP contribution in [0.5, 0.6) is 0 Å². The number of hydrogen-bond acceptors (Lipinski definition) is 3. The summed E-state index contributed by atoms with van der Waals surface area (Å²) < 4.78 is 0. The summed E-state index contributed by atoms with van der Waals surface area (Å²) in [5, 5.41) is 3.04. The summed E-state index contributed by atoms with van der Waals surface area (Å²) in [6.07, 6.45) is 1.62. The molecule has 2 aromatic rings. The molecular weight excluding hydrogens is 274 g/mol. The molecule has 0 saturated heterocycles. The second-order valence-electron chi connectivity index (χ2n) is 5.48. The quantitative estimate of drug-likeness (QED) is 0.858. The monoisotopic (exact) mass is 289 g/mol. The predicted octanol–water partition coefficient (Wildman–Crippen LogP) is 3.68. The van der Waals surface area contributed by atoms with Gasteiger partial charge in [0.05, 0.1) is 0 Å². The molecule has 1 amide bonds. The van der Waals surface area contributed by atoms with Gasteiger partial charge in [0.25, 0.3) is 5.91 Å². The minimum absolute atomic E-state index is 0.176. The first-order valence-corrected chi connectivity index (χ1v) is 6.64. The van der Waals surface area contributed by atoms with Gasteiger partial charge in [-0.2, -0.15) is 0 Å². The Morgan fingerprint density at radius 2 is 2.00 bits per heavy atom. The summed E-state index contributed by atoms with van der Waals surface area (Å²) in [5.41, 5.74) is 1.07. The summed E-state index contributed by atoms with van der Waals surface area (Å²) in [4.78, 5) is 20.5. The summed E-state index contributed by atoms with van der Waals surface area (Å²) in [5.74, 6) is 0.251. The zero-order valence-corrected chi connectivity index (χ0v) is 12.4. The third-order valence-corrected chi connectivity index (χ3v) is 2.92. The van der Waals surface area contributed by atoms with Crippen LogP contribution in [-0.2, 0) is 5.41 Å². The van der Waals surface area contributed by atoms with E-state index in [4.69, 9.17) is 11.6 Å². The van der Waals surface area contributed by atoms with E-state index in [0.29, 0.717) is 16.5 Å². The lowest BCUT2D eigenvalue weighted by atomic mass is 9.91. The van der Waals surface area contributed by atoms with Gasteiger partial charge in [-0.1, -0.05) is 38.4 Å². The molecule has 0 aliphatic carbocycles. The van der Waals surface area contributed by atoms with Crippen molar-refractivity contribution in [3.05, 3.63) is 52.9 Å². The zero-order valence-electron chi connectivity index (χ0n) is 11.6. The molecule has 0 radical (unpaired) electrons. The molecule has 2 heterocycles. The molecule has 0 unspecified atom stereocenters. The number of pyridine rings is 2. The van der Waals surface area contributed by atoms with Crippen molar-refractivity contribution in [3.63, 3.8) is 0 Å². The number of hydrogen-bond donors (Lipinski definition) is 1. The minimum atomic E-state index is -0.251. The third-order valence-electron chi connectivity index (χ3n) is 2.73. The van der Waals surface area contributed by atoms with E-state index in [0.717, 1.165) is 5.69 Å². The van der Waals surface area contributed by atoms with E-state index in [1.165, 1.54) is 0 Å². The molecule has 0 atom stereocenters. The molecule has 20 heavy (non-hydrogen) atoms. The molecule has 0 spiro atoms. The fourth-order valence-electron chi connectivity index (χ4n) is 1.64. The summed E-state index contributed by atoms with van der Waals surface area (Å²) in [6.45, 7) is 6.06. The van der Waals surface area contributed by atoms with Gasteiger partial charge in [-0.3, -0.25) is 4.79 Å². The number of nitrogens with one attached hydrogen (secondary N) is 1. The first-order valence-electron chi connectivity index (χ1n) is 6.27. The van der Waals surface area contributed by atoms with E-state index >= 15 is 0 Å². The van der Waals surface area contributed by atoms with Crippen LogP contribution in [0.4, 0.5) is 5.82 Å². The van der Waals surface area contributed by atoms with Crippen molar-refractivity contribution in [3.8, 4) is 0 Å². The van der Waals surface area contributed by atoms with Gasteiger partial charge in [0.2, 0.25) is 0 Å². The lowest BCUT2D eigenvalue weighted by Crippen LogP contribution is -2.18. The normalized spacial score (nSPS) is 11.2. The Hall–Kier alpha value is -1.94. The van der Waals surface area contributed by atoms with E-state index in [1.807, 2.05) is 26.8 Å². The molecular formula is C15H16ClN3O. The standard InChI is InChI=1S/C15H16ClN3O/c1-15(2,3)11-8-10(9-12(16)18-11)14(20)19-13-6-4-5-7-17-13/h4-9H,1-3H3,(H,17,19,20). The van der Waals surface area contributed by atoms with Crippen molar-refractivity contribution < 1.29 is 4.79 Å². The van der Waals surface area contributed by atoms with Crippen LogP contribution in [0.3, 0.4) is 0 Å². The zero-order chi connectivity index (χ0) is 14.8. The number of nitrogens with zero attached hydrogens (tertiary/aromatic N) is 2. The Labute approximate surface area is 123 Å². The van der Waals surface area contributed by atoms with Gasteiger partial charge in [-0.05, 0) is 24.3 Å². The Morgan fingerprint density at radius 3 is 2.60 bits per heavy atom. The van der Waals surface area contributed by atoms with Crippen LogP contribution in [0.25, 0.3) is 0 Å². The average Bonchev–Trinajstić information content (AvgIpc) is 2.38. The largest absolute Gasteiger partial charge is 0.307 e. The third kappa shape index (κ3) is 3.54. The molecule has 2 rings (SSSR count). The molecule has 0 aliphatic rings. The fourth-order valence-corrected chi connectivity index (χ4v) is 1.85. The number of carbonyl (C=O) groups excluding carboxylic acids is 1. The summed E-state index contributed by atoms with van der Waals surface area (Å²) >= 11 is 6.00. The summed E-state index contributed by atoms with van der Waals surface area (Å²) in [7, 11) is 0. The van der Waals surface area contributed by atoms with Gasteiger partial charge < -0.3 is 5.32 Å². The van der Waals surface area contributed by atoms with E-state index in [1.54, 1.807) is 30.5 Å². The van der Waals surface area contributed by atoms with Crippen molar-refractivity contribution in [1.82, 2.24) is 9.97 Å². The van der Waals surface area contributed by atoms with Crippen LogP contribution in [0.1, 0.15) is 36.8 Å². The van der Waals surface area contributed by atoms with Crippen molar-refractivity contribution in [2.75, 3.05) is 5.32 Å². The highest BCUT2D eigenvalue weighted by Crippen LogP contribution is 2.23. The number of anilines is 1. The average molecular weight is 290 g/mol. The van der Waals surface area contributed by atoms with Gasteiger partial charge in [-0.15, -0.1) is 0 Å². The van der Waals surface area contributed by atoms with Gasteiger partial charge >= 0.3 is 0 Å². The predicted molar refractivity (Wildman–Crippen MR) is 80.1 cm³/mol. The maximum Gasteiger partial charge on any atom is 0.256 e.